The molecule has 0 aromatic heterocycles. The number of fused-ring (bicyclic) bond motifs is 2. The number of rotatable bonds is 6. The van der Waals surface area contributed by atoms with Crippen LogP contribution in [-0.4, -0.2) is 36.1 Å². The van der Waals surface area contributed by atoms with E-state index >= 15 is 0 Å². The number of hydrogen-bond acceptors (Lipinski definition) is 5. The normalized spacial score (nSPS) is 13.1. The Labute approximate surface area is 178 Å². The van der Waals surface area contributed by atoms with Crippen LogP contribution in [0.3, 0.4) is 0 Å². The summed E-state index contributed by atoms with van der Waals surface area (Å²) >= 11 is 0. The van der Waals surface area contributed by atoms with Gasteiger partial charge in [-0.2, -0.15) is 0 Å². The van der Waals surface area contributed by atoms with E-state index in [0.717, 1.165) is 4.90 Å². The van der Waals surface area contributed by atoms with Gasteiger partial charge in [-0.15, -0.1) is 0 Å². The standard InChI is InChI=1S/C24H21NO6/c1-13(2)31-22-17-7-5-4-6-16(17)21(30-3)19-20(22)24(29)25(23(19)28)15-10-8-14(9-11-15)12-18(26)27/h4-11,13H,12H2,1-3H3,(H,26,27). The third kappa shape index (κ3) is 3.38. The molecule has 0 fully saturated rings. The molecular formula is C24H21NO6. The second-order valence-corrected chi connectivity index (χ2v) is 7.51. The zero-order chi connectivity index (χ0) is 22.3. The summed E-state index contributed by atoms with van der Waals surface area (Å²) in [5.74, 6) is -1.30. The summed E-state index contributed by atoms with van der Waals surface area (Å²) in [6.07, 6.45) is -0.360. The van der Waals surface area contributed by atoms with Crippen LogP contribution >= 0.6 is 0 Å². The summed E-state index contributed by atoms with van der Waals surface area (Å²) in [6.45, 7) is 3.71. The van der Waals surface area contributed by atoms with Gasteiger partial charge in [0.05, 0.1) is 36.4 Å². The molecule has 3 aromatic carbocycles. The molecule has 0 radical (unpaired) electrons. The molecule has 3 aromatic rings. The number of methoxy groups -OCH3 is 1. The van der Waals surface area contributed by atoms with Crippen molar-refractivity contribution >= 4 is 34.2 Å². The third-order valence-corrected chi connectivity index (χ3v) is 5.06. The lowest BCUT2D eigenvalue weighted by Gasteiger charge is -2.17. The number of carbonyl (C=O) groups excluding carboxylic acids is 2. The highest BCUT2D eigenvalue weighted by Gasteiger charge is 2.43. The Bertz CT molecular complexity index is 1210. The predicted octanol–water partition coefficient (Wildman–Crippen LogP) is 4.06. The lowest BCUT2D eigenvalue weighted by atomic mass is 9.99. The van der Waals surface area contributed by atoms with Crippen molar-refractivity contribution in [3.8, 4) is 11.5 Å². The highest BCUT2D eigenvalue weighted by atomic mass is 16.5. The second kappa shape index (κ2) is 7.75. The number of imide groups is 1. The minimum absolute atomic E-state index is 0.145. The molecular weight excluding hydrogens is 398 g/mol. The molecule has 1 aliphatic heterocycles. The molecule has 0 saturated carbocycles. The third-order valence-electron chi connectivity index (χ3n) is 5.06. The number of amides is 2. The Balaban J connectivity index is 1.90. The van der Waals surface area contributed by atoms with Crippen LogP contribution in [0.25, 0.3) is 10.8 Å². The Morgan fingerprint density at radius 1 is 0.935 bits per heavy atom. The fourth-order valence-electron chi connectivity index (χ4n) is 3.84. The van der Waals surface area contributed by atoms with E-state index in [9.17, 15) is 14.4 Å². The van der Waals surface area contributed by atoms with Crippen LogP contribution in [0.1, 0.15) is 40.1 Å². The summed E-state index contributed by atoms with van der Waals surface area (Å²) in [5.41, 5.74) is 1.25. The highest BCUT2D eigenvalue weighted by Crippen LogP contribution is 2.46. The predicted molar refractivity (Wildman–Crippen MR) is 115 cm³/mol. The Kier molecular flexibility index (Phi) is 5.10. The van der Waals surface area contributed by atoms with Crippen LogP contribution in [0.2, 0.25) is 0 Å². The van der Waals surface area contributed by atoms with E-state index in [4.69, 9.17) is 14.6 Å². The lowest BCUT2D eigenvalue weighted by molar-refractivity contribution is -0.136. The maximum atomic E-state index is 13.5. The van der Waals surface area contributed by atoms with Crippen LogP contribution < -0.4 is 14.4 Å². The zero-order valence-corrected chi connectivity index (χ0v) is 17.3. The van der Waals surface area contributed by atoms with Gasteiger partial charge in [0, 0.05) is 10.8 Å². The number of anilines is 1. The molecule has 0 spiro atoms. The smallest absolute Gasteiger partial charge is 0.307 e. The number of nitrogens with zero attached hydrogens (tertiary/aromatic N) is 1. The number of aliphatic carboxylic acids is 1. The minimum atomic E-state index is -0.958. The maximum Gasteiger partial charge on any atom is 0.307 e. The number of carboxylic acids is 1. The van der Waals surface area contributed by atoms with Gasteiger partial charge in [0.2, 0.25) is 0 Å². The van der Waals surface area contributed by atoms with Crippen molar-refractivity contribution in [1.82, 2.24) is 0 Å². The number of carboxylic acid groups (broad SMARTS) is 1. The van der Waals surface area contributed by atoms with Crippen molar-refractivity contribution in [3.05, 3.63) is 65.2 Å². The molecule has 7 heteroatoms. The number of carbonyl (C=O) groups is 3. The number of hydrogen-bond donors (Lipinski definition) is 1. The van der Waals surface area contributed by atoms with Crippen molar-refractivity contribution in [2.75, 3.05) is 12.0 Å². The summed E-state index contributed by atoms with van der Waals surface area (Å²) in [5, 5.41) is 10.3. The van der Waals surface area contributed by atoms with Gasteiger partial charge in [-0.25, -0.2) is 4.90 Å². The molecule has 2 amide bonds. The molecule has 1 heterocycles. The molecule has 4 rings (SSSR count). The molecule has 0 saturated heterocycles. The largest absolute Gasteiger partial charge is 0.495 e. The summed E-state index contributed by atoms with van der Waals surface area (Å²) < 4.78 is 11.6. The molecule has 0 bridgehead atoms. The van der Waals surface area contributed by atoms with E-state index in [2.05, 4.69) is 0 Å². The molecule has 1 N–H and O–H groups in total. The topological polar surface area (TPSA) is 93.1 Å². The molecule has 0 atom stereocenters. The van der Waals surface area contributed by atoms with E-state index in [0.29, 0.717) is 33.5 Å². The minimum Gasteiger partial charge on any atom is -0.495 e. The molecule has 0 aliphatic carbocycles. The van der Waals surface area contributed by atoms with Crippen LogP contribution in [0.15, 0.2) is 48.5 Å². The van der Waals surface area contributed by atoms with Crippen molar-refractivity contribution < 1.29 is 29.0 Å². The van der Waals surface area contributed by atoms with Gasteiger partial charge in [0.15, 0.2) is 0 Å². The van der Waals surface area contributed by atoms with E-state index < -0.39 is 17.8 Å². The summed E-state index contributed by atoms with van der Waals surface area (Å²) in [7, 11) is 1.46. The van der Waals surface area contributed by atoms with E-state index in [1.54, 1.807) is 24.3 Å². The van der Waals surface area contributed by atoms with Gasteiger partial charge in [-0.1, -0.05) is 36.4 Å². The Morgan fingerprint density at radius 3 is 2.00 bits per heavy atom. The average Bonchev–Trinajstić information content (AvgIpc) is 2.99. The van der Waals surface area contributed by atoms with Crippen molar-refractivity contribution in [3.63, 3.8) is 0 Å². The van der Waals surface area contributed by atoms with Crippen LogP contribution in [0, 0.1) is 0 Å². The molecule has 158 valence electrons. The van der Waals surface area contributed by atoms with Gasteiger partial charge in [0.25, 0.3) is 11.8 Å². The first-order chi connectivity index (χ1) is 14.8. The zero-order valence-electron chi connectivity index (χ0n) is 17.3. The lowest BCUT2D eigenvalue weighted by Crippen LogP contribution is -2.29. The van der Waals surface area contributed by atoms with Gasteiger partial charge in [0.1, 0.15) is 11.5 Å². The Morgan fingerprint density at radius 2 is 1.48 bits per heavy atom. The van der Waals surface area contributed by atoms with Crippen molar-refractivity contribution in [2.45, 2.75) is 26.4 Å². The van der Waals surface area contributed by atoms with E-state index in [1.807, 2.05) is 38.1 Å². The molecule has 31 heavy (non-hydrogen) atoms. The van der Waals surface area contributed by atoms with Crippen molar-refractivity contribution in [1.29, 1.82) is 0 Å². The SMILES string of the molecule is COc1c2c(c(OC(C)C)c3ccccc13)C(=O)N(c1ccc(CC(=O)O)cc1)C2=O. The quantitative estimate of drug-likeness (QED) is 0.606. The van der Waals surface area contributed by atoms with Crippen LogP contribution in [-0.2, 0) is 11.2 Å². The highest BCUT2D eigenvalue weighted by molar-refractivity contribution is 6.38. The first kappa shape index (κ1) is 20.4. The van der Waals surface area contributed by atoms with Gasteiger partial charge >= 0.3 is 5.97 Å². The molecule has 0 unspecified atom stereocenters. The van der Waals surface area contributed by atoms with Gasteiger partial charge in [-0.3, -0.25) is 14.4 Å². The molecule has 1 aliphatic rings. The van der Waals surface area contributed by atoms with E-state index in [1.165, 1.54) is 7.11 Å². The summed E-state index contributed by atoms with van der Waals surface area (Å²) in [6, 6.07) is 13.6. The van der Waals surface area contributed by atoms with E-state index in [-0.39, 0.29) is 23.7 Å². The van der Waals surface area contributed by atoms with Gasteiger partial charge in [-0.05, 0) is 31.5 Å². The summed E-state index contributed by atoms with van der Waals surface area (Å²) in [4.78, 5) is 38.9. The van der Waals surface area contributed by atoms with Crippen LogP contribution in [0.5, 0.6) is 11.5 Å². The second-order valence-electron chi connectivity index (χ2n) is 7.51. The fraction of sp³-hybridized carbons (Fsp3) is 0.208. The number of ether oxygens (including phenoxy) is 2. The number of benzene rings is 3. The van der Waals surface area contributed by atoms with Crippen molar-refractivity contribution in [2.24, 2.45) is 0 Å². The van der Waals surface area contributed by atoms with Crippen LogP contribution in [0.4, 0.5) is 5.69 Å². The fourth-order valence-corrected chi connectivity index (χ4v) is 3.84. The maximum absolute atomic E-state index is 13.5. The van der Waals surface area contributed by atoms with Gasteiger partial charge < -0.3 is 14.6 Å². The monoisotopic (exact) mass is 419 g/mol. The average molecular weight is 419 g/mol. The first-order valence-electron chi connectivity index (χ1n) is 9.82. The molecule has 7 nitrogen and oxygen atoms in total. The Hall–Kier alpha value is -3.87. The first-order valence-corrected chi connectivity index (χ1v) is 9.82.